The number of hydrazine groups is 1. The summed E-state index contributed by atoms with van der Waals surface area (Å²) in [5, 5.41) is 0. The summed E-state index contributed by atoms with van der Waals surface area (Å²) in [6.07, 6.45) is 4.35. The van der Waals surface area contributed by atoms with Gasteiger partial charge in [-0.2, -0.15) is 0 Å². The second-order valence-corrected chi connectivity index (χ2v) is 7.59. The molecular weight excluding hydrogens is 288 g/mol. The molecule has 1 aromatic rings. The first-order valence-corrected chi connectivity index (χ1v) is 8.62. The lowest BCUT2D eigenvalue weighted by molar-refractivity contribution is 0.162. The third-order valence-corrected chi connectivity index (χ3v) is 5.82. The predicted octanol–water partition coefficient (Wildman–Crippen LogP) is 1.12. The van der Waals surface area contributed by atoms with Crippen LogP contribution < -0.4 is 16.0 Å². The maximum absolute atomic E-state index is 12.4. The van der Waals surface area contributed by atoms with Crippen molar-refractivity contribution >= 4 is 15.7 Å². The second-order valence-electron chi connectivity index (χ2n) is 5.82. The van der Waals surface area contributed by atoms with Crippen LogP contribution in [0.5, 0.6) is 0 Å². The first-order valence-electron chi connectivity index (χ1n) is 7.13. The van der Waals surface area contributed by atoms with Gasteiger partial charge in [0.1, 0.15) is 0 Å². The number of nitrogens with one attached hydrogen (secondary N) is 2. The molecule has 1 aliphatic carbocycles. The van der Waals surface area contributed by atoms with Crippen LogP contribution in [0, 0.1) is 0 Å². The molecule has 1 saturated carbocycles. The lowest BCUT2D eigenvalue weighted by Crippen LogP contribution is -2.50. The van der Waals surface area contributed by atoms with E-state index in [2.05, 4.69) is 15.0 Å². The molecule has 0 aromatic heterocycles. The standard InChI is InChI=1S/C14H24N4O2S/c1-18(2)14(9-3-4-10-14)11-16-21(19,20)13-7-5-12(17-15)6-8-13/h5-8,16-17H,3-4,9-11,15H2,1-2H3. The highest BCUT2D eigenvalue weighted by Gasteiger charge is 2.36. The fourth-order valence-electron chi connectivity index (χ4n) is 2.86. The maximum Gasteiger partial charge on any atom is 0.240 e. The van der Waals surface area contributed by atoms with E-state index in [0.717, 1.165) is 25.7 Å². The van der Waals surface area contributed by atoms with E-state index < -0.39 is 10.0 Å². The van der Waals surface area contributed by atoms with E-state index in [0.29, 0.717) is 12.2 Å². The van der Waals surface area contributed by atoms with Crippen molar-refractivity contribution in [1.29, 1.82) is 0 Å². The summed E-state index contributed by atoms with van der Waals surface area (Å²) in [4.78, 5) is 2.40. The van der Waals surface area contributed by atoms with Crippen LogP contribution in [0.1, 0.15) is 25.7 Å². The normalized spacial score (nSPS) is 18.1. The van der Waals surface area contributed by atoms with Crippen LogP contribution in [0.3, 0.4) is 0 Å². The van der Waals surface area contributed by atoms with Crippen molar-refractivity contribution in [3.05, 3.63) is 24.3 Å². The Morgan fingerprint density at radius 3 is 2.24 bits per heavy atom. The van der Waals surface area contributed by atoms with E-state index in [9.17, 15) is 8.42 Å². The molecule has 118 valence electrons. The van der Waals surface area contributed by atoms with Crippen LogP contribution in [0.25, 0.3) is 0 Å². The number of nitrogen functional groups attached to an aromatic ring is 1. The average molecular weight is 312 g/mol. The molecule has 0 radical (unpaired) electrons. The summed E-state index contributed by atoms with van der Waals surface area (Å²) in [6.45, 7) is 0.444. The minimum Gasteiger partial charge on any atom is -0.324 e. The number of sulfonamides is 1. The second kappa shape index (κ2) is 6.31. The van der Waals surface area contributed by atoms with E-state index in [4.69, 9.17) is 5.84 Å². The van der Waals surface area contributed by atoms with Crippen molar-refractivity contribution in [2.75, 3.05) is 26.1 Å². The summed E-state index contributed by atoms with van der Waals surface area (Å²) < 4.78 is 27.5. The van der Waals surface area contributed by atoms with Crippen LogP contribution in [0.15, 0.2) is 29.2 Å². The summed E-state index contributed by atoms with van der Waals surface area (Å²) >= 11 is 0. The van der Waals surface area contributed by atoms with E-state index in [1.165, 1.54) is 0 Å². The van der Waals surface area contributed by atoms with Crippen molar-refractivity contribution in [1.82, 2.24) is 9.62 Å². The van der Waals surface area contributed by atoms with E-state index in [-0.39, 0.29) is 10.4 Å². The Labute approximate surface area is 126 Å². The summed E-state index contributed by atoms with van der Waals surface area (Å²) in [5.74, 6) is 5.28. The Morgan fingerprint density at radius 2 is 1.76 bits per heavy atom. The van der Waals surface area contributed by atoms with Gasteiger partial charge in [-0.3, -0.25) is 5.84 Å². The van der Waals surface area contributed by atoms with Gasteiger partial charge in [0.15, 0.2) is 0 Å². The third-order valence-electron chi connectivity index (χ3n) is 4.41. The molecule has 0 bridgehead atoms. The quantitative estimate of drug-likeness (QED) is 0.541. The number of anilines is 1. The number of rotatable bonds is 6. The summed E-state index contributed by atoms with van der Waals surface area (Å²) in [6, 6.07) is 6.39. The van der Waals surface area contributed by atoms with Crippen molar-refractivity contribution in [3.63, 3.8) is 0 Å². The Hall–Kier alpha value is -1.15. The van der Waals surface area contributed by atoms with Crippen molar-refractivity contribution in [2.45, 2.75) is 36.1 Å². The van der Waals surface area contributed by atoms with Crippen LogP contribution in [-0.4, -0.2) is 39.5 Å². The Morgan fingerprint density at radius 1 is 1.19 bits per heavy atom. The fourth-order valence-corrected chi connectivity index (χ4v) is 3.98. The van der Waals surface area contributed by atoms with Gasteiger partial charge < -0.3 is 10.3 Å². The largest absolute Gasteiger partial charge is 0.324 e. The predicted molar refractivity (Wildman–Crippen MR) is 84.3 cm³/mol. The number of nitrogens with two attached hydrogens (primary N) is 1. The number of hydrogen-bond donors (Lipinski definition) is 3. The molecule has 7 heteroatoms. The molecule has 0 amide bonds. The lowest BCUT2D eigenvalue weighted by Gasteiger charge is -2.36. The molecule has 4 N–H and O–H groups in total. The van der Waals surface area contributed by atoms with Gasteiger partial charge in [-0.05, 0) is 51.2 Å². The first kappa shape index (κ1) is 16.2. The van der Waals surface area contributed by atoms with Gasteiger partial charge in [0.25, 0.3) is 0 Å². The van der Waals surface area contributed by atoms with Crippen molar-refractivity contribution in [2.24, 2.45) is 5.84 Å². The van der Waals surface area contributed by atoms with Gasteiger partial charge >= 0.3 is 0 Å². The molecule has 0 heterocycles. The van der Waals surface area contributed by atoms with Crippen molar-refractivity contribution in [3.8, 4) is 0 Å². The van der Waals surface area contributed by atoms with Crippen LogP contribution in [0.2, 0.25) is 0 Å². The van der Waals surface area contributed by atoms with Gasteiger partial charge in [-0.25, -0.2) is 13.1 Å². The molecule has 0 saturated heterocycles. The Kier molecular flexibility index (Phi) is 4.88. The monoisotopic (exact) mass is 312 g/mol. The number of benzene rings is 1. The van der Waals surface area contributed by atoms with Gasteiger partial charge in [0.05, 0.1) is 4.90 Å². The molecule has 1 aromatic carbocycles. The van der Waals surface area contributed by atoms with Gasteiger partial charge in [-0.1, -0.05) is 12.8 Å². The molecule has 0 atom stereocenters. The summed E-state index contributed by atoms with van der Waals surface area (Å²) in [7, 11) is 0.541. The van der Waals surface area contributed by atoms with E-state index in [1.54, 1.807) is 24.3 Å². The Balaban J connectivity index is 2.10. The first-order chi connectivity index (χ1) is 9.89. The van der Waals surface area contributed by atoms with Crippen molar-refractivity contribution < 1.29 is 8.42 Å². The smallest absolute Gasteiger partial charge is 0.240 e. The molecule has 1 fully saturated rings. The number of likely N-dealkylation sites (N-methyl/N-ethyl adjacent to an activating group) is 1. The summed E-state index contributed by atoms with van der Waals surface area (Å²) in [5.41, 5.74) is 3.09. The molecular formula is C14H24N4O2S. The minimum atomic E-state index is -3.49. The number of hydrogen-bond acceptors (Lipinski definition) is 5. The maximum atomic E-state index is 12.4. The van der Waals surface area contributed by atoms with E-state index >= 15 is 0 Å². The zero-order valence-electron chi connectivity index (χ0n) is 12.6. The molecule has 0 aliphatic heterocycles. The highest BCUT2D eigenvalue weighted by atomic mass is 32.2. The molecule has 0 spiro atoms. The highest BCUT2D eigenvalue weighted by molar-refractivity contribution is 7.89. The number of nitrogens with zero attached hydrogens (tertiary/aromatic N) is 1. The zero-order valence-corrected chi connectivity index (χ0v) is 13.4. The minimum absolute atomic E-state index is 0.0637. The topological polar surface area (TPSA) is 87.5 Å². The third kappa shape index (κ3) is 3.55. The van der Waals surface area contributed by atoms with Gasteiger partial charge in [-0.15, -0.1) is 0 Å². The van der Waals surface area contributed by atoms with Crippen LogP contribution in [0.4, 0.5) is 5.69 Å². The molecule has 6 nitrogen and oxygen atoms in total. The highest BCUT2D eigenvalue weighted by Crippen LogP contribution is 2.33. The average Bonchev–Trinajstić information content (AvgIpc) is 2.96. The lowest BCUT2D eigenvalue weighted by atomic mass is 9.97. The fraction of sp³-hybridized carbons (Fsp3) is 0.571. The van der Waals surface area contributed by atoms with Crippen LogP contribution >= 0.6 is 0 Å². The zero-order chi connectivity index (χ0) is 15.5. The molecule has 2 rings (SSSR count). The van der Waals surface area contributed by atoms with Crippen LogP contribution in [-0.2, 0) is 10.0 Å². The molecule has 21 heavy (non-hydrogen) atoms. The molecule has 0 unspecified atom stereocenters. The Bertz CT molecular complexity index is 563. The molecule has 1 aliphatic rings. The SMILES string of the molecule is CN(C)C1(CNS(=O)(=O)c2ccc(NN)cc2)CCCC1. The van der Waals surface area contributed by atoms with E-state index in [1.807, 2.05) is 14.1 Å². The van der Waals surface area contributed by atoms with Gasteiger partial charge in [0, 0.05) is 17.8 Å². The van der Waals surface area contributed by atoms with Gasteiger partial charge in [0.2, 0.25) is 10.0 Å².